The van der Waals surface area contributed by atoms with E-state index < -0.39 is 0 Å². The van der Waals surface area contributed by atoms with Gasteiger partial charge in [0.1, 0.15) is 6.26 Å². The second-order valence-corrected chi connectivity index (χ2v) is 1.96. The lowest BCUT2D eigenvalue weighted by Crippen LogP contribution is -2.34. The number of hydrogen-bond donors (Lipinski definition) is 2. The van der Waals surface area contributed by atoms with Crippen molar-refractivity contribution in [2.45, 2.75) is 13.5 Å². The van der Waals surface area contributed by atoms with Gasteiger partial charge in [0.05, 0.1) is 12.7 Å². The van der Waals surface area contributed by atoms with Gasteiger partial charge in [-0.05, 0) is 0 Å². The van der Waals surface area contributed by atoms with Crippen molar-refractivity contribution >= 4 is 5.91 Å². The Morgan fingerprint density at radius 2 is 2.64 bits per heavy atom. The Morgan fingerprint density at radius 1 is 1.82 bits per heavy atom. The smallest absolute Gasteiger partial charge is 0.230 e. The molecule has 0 unspecified atom stereocenters. The first-order chi connectivity index (χ1) is 5.29. The molecule has 0 atom stereocenters. The third-order valence-electron chi connectivity index (χ3n) is 0.987. The highest BCUT2D eigenvalue weighted by Crippen LogP contribution is 1.90. The zero-order chi connectivity index (χ0) is 8.10. The second-order valence-electron chi connectivity index (χ2n) is 1.96. The lowest BCUT2D eigenvalue weighted by atomic mass is 10.6. The van der Waals surface area contributed by atoms with E-state index in [1.165, 1.54) is 13.2 Å². The molecule has 0 saturated heterocycles. The van der Waals surface area contributed by atoms with Crippen molar-refractivity contribution in [2.75, 3.05) is 0 Å². The first kappa shape index (κ1) is 7.74. The molecule has 0 radical (unpaired) electrons. The molecule has 1 amide bonds. The highest BCUT2D eigenvalue weighted by Gasteiger charge is 1.95. The quantitative estimate of drug-likeness (QED) is 0.594. The van der Waals surface area contributed by atoms with Gasteiger partial charge in [-0.15, -0.1) is 0 Å². The fourth-order valence-electron chi connectivity index (χ4n) is 0.585. The molecule has 0 spiro atoms. The molecule has 2 N–H and O–H groups in total. The summed E-state index contributed by atoms with van der Waals surface area (Å²) in [6.45, 7) is 1.81. The maximum atomic E-state index is 10.3. The second kappa shape index (κ2) is 3.72. The van der Waals surface area contributed by atoms with Crippen LogP contribution in [-0.2, 0) is 11.3 Å². The lowest BCUT2D eigenvalue weighted by Gasteiger charge is -1.99. The molecule has 0 aliphatic heterocycles. The molecule has 5 nitrogen and oxygen atoms in total. The number of aromatic nitrogens is 1. The van der Waals surface area contributed by atoms with Gasteiger partial charge in [0, 0.05) is 6.92 Å². The molecule has 1 rings (SSSR count). The maximum absolute atomic E-state index is 10.3. The largest absolute Gasteiger partial charge is 0.448 e. The fourth-order valence-corrected chi connectivity index (χ4v) is 0.585. The van der Waals surface area contributed by atoms with Crippen molar-refractivity contribution in [1.82, 2.24) is 15.8 Å². The Labute approximate surface area is 63.8 Å². The number of hydrogen-bond acceptors (Lipinski definition) is 4. The summed E-state index contributed by atoms with van der Waals surface area (Å²) in [5, 5.41) is 0. The summed E-state index contributed by atoms with van der Waals surface area (Å²) < 4.78 is 4.89. The fraction of sp³-hybridized carbons (Fsp3) is 0.333. The van der Waals surface area contributed by atoms with Crippen LogP contribution in [0.3, 0.4) is 0 Å². The summed E-state index contributed by atoms with van der Waals surface area (Å²) in [5.41, 5.74) is 5.03. The van der Waals surface area contributed by atoms with E-state index in [1.54, 1.807) is 6.20 Å². The van der Waals surface area contributed by atoms with Crippen LogP contribution < -0.4 is 10.9 Å². The minimum atomic E-state index is -0.142. The zero-order valence-corrected chi connectivity index (χ0v) is 6.13. The van der Waals surface area contributed by atoms with E-state index in [2.05, 4.69) is 15.8 Å². The van der Waals surface area contributed by atoms with Crippen LogP contribution in [0.15, 0.2) is 16.9 Å². The minimum absolute atomic E-state index is 0.142. The number of oxazole rings is 1. The number of carbonyl (C=O) groups excluding carboxylic acids is 1. The predicted molar refractivity (Wildman–Crippen MR) is 37.2 cm³/mol. The van der Waals surface area contributed by atoms with E-state index in [0.717, 1.165) is 0 Å². The van der Waals surface area contributed by atoms with Crippen molar-refractivity contribution in [3.63, 3.8) is 0 Å². The van der Waals surface area contributed by atoms with Crippen LogP contribution in [0, 0.1) is 0 Å². The van der Waals surface area contributed by atoms with Crippen LogP contribution in [0.2, 0.25) is 0 Å². The molecular formula is C6H9N3O2. The van der Waals surface area contributed by atoms with Crippen molar-refractivity contribution in [3.8, 4) is 0 Å². The monoisotopic (exact) mass is 155 g/mol. The first-order valence-corrected chi connectivity index (χ1v) is 3.17. The molecule has 1 aromatic rings. The van der Waals surface area contributed by atoms with Crippen LogP contribution in [0.1, 0.15) is 12.8 Å². The Hall–Kier alpha value is -1.36. The topological polar surface area (TPSA) is 67.2 Å². The van der Waals surface area contributed by atoms with Crippen LogP contribution in [0.4, 0.5) is 0 Å². The summed E-state index contributed by atoms with van der Waals surface area (Å²) in [7, 11) is 0. The minimum Gasteiger partial charge on any atom is -0.448 e. The Morgan fingerprint density at radius 3 is 3.18 bits per heavy atom. The molecule has 1 heterocycles. The van der Waals surface area contributed by atoms with E-state index in [9.17, 15) is 4.79 Å². The molecule has 0 saturated carbocycles. The summed E-state index contributed by atoms with van der Waals surface area (Å²) >= 11 is 0. The van der Waals surface area contributed by atoms with Crippen LogP contribution in [0.5, 0.6) is 0 Å². The third kappa shape index (κ3) is 2.81. The van der Waals surface area contributed by atoms with E-state index in [4.69, 9.17) is 4.42 Å². The average Bonchev–Trinajstić information content (AvgIpc) is 2.39. The van der Waals surface area contributed by atoms with Crippen molar-refractivity contribution in [2.24, 2.45) is 0 Å². The van der Waals surface area contributed by atoms with Gasteiger partial charge < -0.3 is 4.42 Å². The SMILES string of the molecule is CC(=O)NNCc1ncco1. The van der Waals surface area contributed by atoms with Gasteiger partial charge in [-0.3, -0.25) is 10.2 Å². The Kier molecular flexibility index (Phi) is 2.62. The molecule has 0 bridgehead atoms. The molecule has 0 aliphatic rings. The van der Waals surface area contributed by atoms with Crippen molar-refractivity contribution in [3.05, 3.63) is 18.4 Å². The molecule has 60 valence electrons. The summed E-state index contributed by atoms with van der Waals surface area (Å²) in [4.78, 5) is 14.2. The summed E-state index contributed by atoms with van der Waals surface area (Å²) in [5.74, 6) is 0.398. The Balaban J connectivity index is 2.19. The number of rotatable bonds is 3. The van der Waals surface area contributed by atoms with Gasteiger partial charge in [0.25, 0.3) is 0 Å². The van der Waals surface area contributed by atoms with Gasteiger partial charge in [0.2, 0.25) is 11.8 Å². The first-order valence-electron chi connectivity index (χ1n) is 3.17. The van der Waals surface area contributed by atoms with E-state index in [0.29, 0.717) is 12.4 Å². The van der Waals surface area contributed by atoms with Crippen LogP contribution in [0.25, 0.3) is 0 Å². The molecule has 11 heavy (non-hydrogen) atoms. The molecular weight excluding hydrogens is 146 g/mol. The normalized spacial score (nSPS) is 9.55. The summed E-state index contributed by atoms with van der Waals surface area (Å²) in [6.07, 6.45) is 3.02. The molecule has 1 aromatic heterocycles. The highest BCUT2D eigenvalue weighted by atomic mass is 16.3. The number of amides is 1. The average molecular weight is 155 g/mol. The predicted octanol–water partition coefficient (Wildman–Crippen LogP) is -0.185. The molecule has 5 heteroatoms. The van der Waals surface area contributed by atoms with Gasteiger partial charge in [-0.25, -0.2) is 10.4 Å². The van der Waals surface area contributed by atoms with Gasteiger partial charge in [-0.2, -0.15) is 0 Å². The molecule has 0 fully saturated rings. The number of nitrogens with zero attached hydrogens (tertiary/aromatic N) is 1. The van der Waals surface area contributed by atoms with Crippen molar-refractivity contribution < 1.29 is 9.21 Å². The van der Waals surface area contributed by atoms with Crippen molar-refractivity contribution in [1.29, 1.82) is 0 Å². The number of hydrazine groups is 1. The number of carbonyl (C=O) groups is 1. The number of nitrogens with one attached hydrogen (secondary N) is 2. The van der Waals surface area contributed by atoms with Crippen LogP contribution >= 0.6 is 0 Å². The van der Waals surface area contributed by atoms with E-state index >= 15 is 0 Å². The Bertz CT molecular complexity index is 220. The standard InChI is InChI=1S/C6H9N3O2/c1-5(10)9-8-4-6-7-2-3-11-6/h2-3,8H,4H2,1H3,(H,9,10). The highest BCUT2D eigenvalue weighted by molar-refractivity contribution is 5.72. The zero-order valence-electron chi connectivity index (χ0n) is 6.13. The molecule has 0 aliphatic carbocycles. The third-order valence-corrected chi connectivity index (χ3v) is 0.987. The van der Waals surface area contributed by atoms with E-state index in [1.807, 2.05) is 0 Å². The van der Waals surface area contributed by atoms with Gasteiger partial charge in [-0.1, -0.05) is 0 Å². The lowest BCUT2D eigenvalue weighted by molar-refractivity contribution is -0.120. The molecule has 0 aromatic carbocycles. The summed E-state index contributed by atoms with van der Waals surface area (Å²) in [6, 6.07) is 0. The van der Waals surface area contributed by atoms with Gasteiger partial charge in [0.15, 0.2) is 0 Å². The van der Waals surface area contributed by atoms with Crippen LogP contribution in [-0.4, -0.2) is 10.9 Å². The van der Waals surface area contributed by atoms with E-state index in [-0.39, 0.29) is 5.91 Å². The maximum Gasteiger partial charge on any atom is 0.230 e. The van der Waals surface area contributed by atoms with Gasteiger partial charge >= 0.3 is 0 Å².